The quantitative estimate of drug-likeness (QED) is 0.533. The highest BCUT2D eigenvalue weighted by Crippen LogP contribution is 2.33. The standard InChI is InChI=1S/C18H17N3O2S2/c1-10(13-5-3-7-23-13)19-11(2)16-20-17(22)15-12(9-25-18(15)21-16)14-6-4-8-24-14/h3-11,19H,1-2H3,(H,20,21,22)/t10-,11+/m0/s1. The summed E-state index contributed by atoms with van der Waals surface area (Å²) in [4.78, 5) is 22.1. The summed E-state index contributed by atoms with van der Waals surface area (Å²) in [7, 11) is 0. The first-order valence-corrected chi connectivity index (χ1v) is 9.74. The number of hydrogen-bond acceptors (Lipinski definition) is 6. The molecule has 0 saturated heterocycles. The Kier molecular flexibility index (Phi) is 4.29. The SMILES string of the molecule is C[C@H](N[C@H](C)c1nc2scc(-c3cccs3)c2c(=O)[nH]1)c1ccco1. The number of rotatable bonds is 5. The summed E-state index contributed by atoms with van der Waals surface area (Å²) >= 11 is 3.13. The van der Waals surface area contributed by atoms with Crippen LogP contribution >= 0.6 is 22.7 Å². The maximum Gasteiger partial charge on any atom is 0.260 e. The maximum absolute atomic E-state index is 12.7. The molecule has 25 heavy (non-hydrogen) atoms. The van der Waals surface area contributed by atoms with Gasteiger partial charge in [0.05, 0.1) is 23.7 Å². The Hall–Kier alpha value is -2.22. The number of nitrogens with zero attached hydrogens (tertiary/aromatic N) is 1. The molecule has 0 saturated carbocycles. The van der Waals surface area contributed by atoms with E-state index in [1.165, 1.54) is 11.3 Å². The normalized spacial score (nSPS) is 14.0. The summed E-state index contributed by atoms with van der Waals surface area (Å²) in [5, 5.41) is 8.09. The molecule has 0 aromatic carbocycles. The van der Waals surface area contributed by atoms with E-state index in [4.69, 9.17) is 4.42 Å². The van der Waals surface area contributed by atoms with Crippen LogP contribution in [-0.2, 0) is 0 Å². The van der Waals surface area contributed by atoms with Crippen LogP contribution in [0, 0.1) is 0 Å². The molecule has 0 radical (unpaired) electrons. The lowest BCUT2D eigenvalue weighted by Gasteiger charge is -2.17. The zero-order valence-electron chi connectivity index (χ0n) is 13.8. The highest BCUT2D eigenvalue weighted by molar-refractivity contribution is 7.18. The fraction of sp³-hybridized carbons (Fsp3) is 0.222. The van der Waals surface area contributed by atoms with Gasteiger partial charge >= 0.3 is 0 Å². The molecule has 0 fully saturated rings. The number of hydrogen-bond donors (Lipinski definition) is 2. The van der Waals surface area contributed by atoms with Gasteiger partial charge in [-0.15, -0.1) is 22.7 Å². The van der Waals surface area contributed by atoms with Crippen molar-refractivity contribution < 1.29 is 4.42 Å². The van der Waals surface area contributed by atoms with E-state index in [0.29, 0.717) is 11.2 Å². The largest absolute Gasteiger partial charge is 0.468 e. The first-order valence-electron chi connectivity index (χ1n) is 7.98. The number of aromatic nitrogens is 2. The van der Waals surface area contributed by atoms with E-state index in [0.717, 1.165) is 21.0 Å². The third kappa shape index (κ3) is 3.06. The van der Waals surface area contributed by atoms with Crippen molar-refractivity contribution in [2.45, 2.75) is 25.9 Å². The number of aromatic amines is 1. The molecule has 0 aliphatic heterocycles. The van der Waals surface area contributed by atoms with Crippen molar-refractivity contribution in [2.24, 2.45) is 0 Å². The van der Waals surface area contributed by atoms with Gasteiger partial charge in [0, 0.05) is 15.8 Å². The van der Waals surface area contributed by atoms with Crippen LogP contribution in [0.4, 0.5) is 0 Å². The van der Waals surface area contributed by atoms with Gasteiger partial charge in [0.1, 0.15) is 16.4 Å². The molecule has 2 N–H and O–H groups in total. The molecule has 5 nitrogen and oxygen atoms in total. The van der Waals surface area contributed by atoms with Crippen molar-refractivity contribution in [3.63, 3.8) is 0 Å². The van der Waals surface area contributed by atoms with Gasteiger partial charge in [-0.2, -0.15) is 0 Å². The van der Waals surface area contributed by atoms with E-state index in [9.17, 15) is 4.79 Å². The van der Waals surface area contributed by atoms with Gasteiger partial charge in [-0.1, -0.05) is 6.07 Å². The Balaban J connectivity index is 1.66. The maximum atomic E-state index is 12.7. The van der Waals surface area contributed by atoms with Crippen molar-refractivity contribution in [2.75, 3.05) is 0 Å². The van der Waals surface area contributed by atoms with Gasteiger partial charge in [-0.05, 0) is 37.4 Å². The lowest BCUT2D eigenvalue weighted by atomic mass is 10.2. The molecule has 4 heterocycles. The molecular weight excluding hydrogens is 354 g/mol. The van der Waals surface area contributed by atoms with Crippen molar-refractivity contribution in [3.8, 4) is 10.4 Å². The van der Waals surface area contributed by atoms with Crippen LogP contribution in [0.1, 0.15) is 37.5 Å². The Morgan fingerprint density at radius 2 is 2.08 bits per heavy atom. The number of fused-ring (bicyclic) bond motifs is 1. The summed E-state index contributed by atoms with van der Waals surface area (Å²) in [6.07, 6.45) is 1.65. The molecule has 0 spiro atoms. The zero-order chi connectivity index (χ0) is 17.4. The summed E-state index contributed by atoms with van der Waals surface area (Å²) < 4.78 is 5.42. The number of thiophene rings is 2. The topological polar surface area (TPSA) is 70.9 Å². The van der Waals surface area contributed by atoms with Crippen LogP contribution in [0.25, 0.3) is 20.7 Å². The molecular formula is C18H17N3O2S2. The highest BCUT2D eigenvalue weighted by Gasteiger charge is 2.18. The summed E-state index contributed by atoms with van der Waals surface area (Å²) in [6.45, 7) is 4.00. The second-order valence-electron chi connectivity index (χ2n) is 5.88. The number of nitrogens with one attached hydrogen (secondary N) is 2. The zero-order valence-corrected chi connectivity index (χ0v) is 15.4. The van der Waals surface area contributed by atoms with E-state index in [1.807, 2.05) is 48.9 Å². The second-order valence-corrected chi connectivity index (χ2v) is 7.69. The molecule has 0 unspecified atom stereocenters. The van der Waals surface area contributed by atoms with E-state index < -0.39 is 0 Å². The predicted molar refractivity (Wildman–Crippen MR) is 102 cm³/mol. The molecule has 4 aromatic rings. The van der Waals surface area contributed by atoms with Gasteiger partial charge in [-0.3, -0.25) is 10.1 Å². The molecule has 2 atom stereocenters. The van der Waals surface area contributed by atoms with Gasteiger partial charge in [0.15, 0.2) is 0 Å². The Labute approximate surface area is 152 Å². The smallest absolute Gasteiger partial charge is 0.260 e. The van der Waals surface area contributed by atoms with Gasteiger partial charge in [-0.25, -0.2) is 4.98 Å². The Morgan fingerprint density at radius 1 is 1.20 bits per heavy atom. The first-order chi connectivity index (χ1) is 12.1. The minimum Gasteiger partial charge on any atom is -0.468 e. The summed E-state index contributed by atoms with van der Waals surface area (Å²) in [6, 6.07) is 7.72. The van der Waals surface area contributed by atoms with Gasteiger partial charge < -0.3 is 9.40 Å². The lowest BCUT2D eigenvalue weighted by molar-refractivity contribution is 0.396. The average molecular weight is 371 g/mol. The van der Waals surface area contributed by atoms with Crippen molar-refractivity contribution in [1.29, 1.82) is 0 Å². The predicted octanol–water partition coefficient (Wildman–Crippen LogP) is 4.72. The molecule has 0 amide bonds. The molecule has 4 aromatic heterocycles. The van der Waals surface area contributed by atoms with Gasteiger partial charge in [0.2, 0.25) is 0 Å². The minimum absolute atomic E-state index is 0.0241. The Morgan fingerprint density at radius 3 is 2.80 bits per heavy atom. The van der Waals surface area contributed by atoms with Crippen LogP contribution in [0.5, 0.6) is 0 Å². The monoisotopic (exact) mass is 371 g/mol. The number of furan rings is 1. The number of H-pyrrole nitrogens is 1. The van der Waals surface area contributed by atoms with Gasteiger partial charge in [0.25, 0.3) is 5.56 Å². The highest BCUT2D eigenvalue weighted by atomic mass is 32.1. The fourth-order valence-corrected chi connectivity index (χ4v) is 4.63. The first kappa shape index (κ1) is 16.3. The summed E-state index contributed by atoms with van der Waals surface area (Å²) in [5.41, 5.74) is 0.865. The van der Waals surface area contributed by atoms with Crippen molar-refractivity contribution >= 4 is 32.9 Å². The third-order valence-corrected chi connectivity index (χ3v) is 5.90. The van der Waals surface area contributed by atoms with E-state index in [-0.39, 0.29) is 17.6 Å². The van der Waals surface area contributed by atoms with Crippen LogP contribution in [-0.4, -0.2) is 9.97 Å². The average Bonchev–Trinajstić information content (AvgIpc) is 3.34. The second kappa shape index (κ2) is 6.59. The molecule has 128 valence electrons. The minimum atomic E-state index is -0.107. The van der Waals surface area contributed by atoms with Crippen LogP contribution in [0.2, 0.25) is 0 Å². The van der Waals surface area contributed by atoms with E-state index >= 15 is 0 Å². The molecule has 0 aliphatic carbocycles. The third-order valence-electron chi connectivity index (χ3n) is 4.13. The van der Waals surface area contributed by atoms with E-state index in [1.54, 1.807) is 17.6 Å². The molecule has 0 aliphatic rings. The fourth-order valence-electron chi connectivity index (χ4n) is 2.86. The van der Waals surface area contributed by atoms with E-state index in [2.05, 4.69) is 15.3 Å². The van der Waals surface area contributed by atoms with Crippen LogP contribution in [0.15, 0.2) is 50.5 Å². The van der Waals surface area contributed by atoms with Crippen molar-refractivity contribution in [1.82, 2.24) is 15.3 Å². The Bertz CT molecular complexity index is 1030. The van der Waals surface area contributed by atoms with Crippen molar-refractivity contribution in [3.05, 3.63) is 63.2 Å². The lowest BCUT2D eigenvalue weighted by Crippen LogP contribution is -2.26. The summed E-state index contributed by atoms with van der Waals surface area (Å²) in [5.74, 6) is 1.49. The molecule has 7 heteroatoms. The molecule has 4 rings (SSSR count). The van der Waals surface area contributed by atoms with Crippen LogP contribution in [0.3, 0.4) is 0 Å². The molecule has 0 bridgehead atoms. The van der Waals surface area contributed by atoms with Crippen LogP contribution < -0.4 is 10.9 Å².